The van der Waals surface area contributed by atoms with Gasteiger partial charge < -0.3 is 10.2 Å². The number of halogens is 4. The van der Waals surface area contributed by atoms with E-state index in [-0.39, 0.29) is 30.8 Å². The van der Waals surface area contributed by atoms with Crippen LogP contribution in [-0.4, -0.2) is 35.3 Å². The summed E-state index contributed by atoms with van der Waals surface area (Å²) >= 11 is 0. The number of hydrogen-bond donors (Lipinski definition) is 1. The lowest BCUT2D eigenvalue weighted by Gasteiger charge is -2.41. The van der Waals surface area contributed by atoms with E-state index in [0.717, 1.165) is 17.0 Å². The van der Waals surface area contributed by atoms with Gasteiger partial charge in [-0.1, -0.05) is 6.07 Å². The molecule has 1 aromatic carbocycles. The number of hydrogen-bond acceptors (Lipinski definition) is 3. The van der Waals surface area contributed by atoms with E-state index in [9.17, 15) is 27.2 Å². The van der Waals surface area contributed by atoms with Crippen LogP contribution in [0.3, 0.4) is 0 Å². The molecule has 158 valence electrons. The summed E-state index contributed by atoms with van der Waals surface area (Å²) in [5.74, 6) is -6.08. The fourth-order valence-corrected chi connectivity index (χ4v) is 4.52. The van der Waals surface area contributed by atoms with Gasteiger partial charge in [0.1, 0.15) is 17.3 Å². The van der Waals surface area contributed by atoms with E-state index in [1.807, 2.05) is 0 Å². The van der Waals surface area contributed by atoms with Crippen LogP contribution >= 0.6 is 0 Å². The number of amides is 2. The Labute approximate surface area is 170 Å². The zero-order valence-electron chi connectivity index (χ0n) is 15.9. The van der Waals surface area contributed by atoms with E-state index in [1.165, 1.54) is 12.3 Å². The Bertz CT molecular complexity index is 965. The fraction of sp³-hybridized carbons (Fsp3) is 0.381. The van der Waals surface area contributed by atoms with E-state index < -0.39 is 53.7 Å². The smallest absolute Gasteiger partial charge is 0.270 e. The molecule has 2 fully saturated rings. The Hall–Kier alpha value is -2.97. The zero-order chi connectivity index (χ0) is 21.5. The Kier molecular flexibility index (Phi) is 4.99. The van der Waals surface area contributed by atoms with Crippen molar-refractivity contribution in [3.05, 3.63) is 59.9 Å². The van der Waals surface area contributed by atoms with Crippen LogP contribution < -0.4 is 10.2 Å². The number of aromatic nitrogens is 1. The van der Waals surface area contributed by atoms with Gasteiger partial charge in [-0.05, 0) is 37.1 Å². The maximum absolute atomic E-state index is 14.6. The van der Waals surface area contributed by atoms with Gasteiger partial charge in [0.05, 0.1) is 5.41 Å². The summed E-state index contributed by atoms with van der Waals surface area (Å²) in [6.45, 7) is 0.0682. The lowest BCUT2D eigenvalue weighted by Crippen LogP contribution is -2.52. The predicted molar refractivity (Wildman–Crippen MR) is 100 cm³/mol. The molecular weight excluding hydrogens is 402 g/mol. The number of carbonyl (C=O) groups excluding carboxylic acids is 2. The molecule has 1 aromatic heterocycles. The Morgan fingerprint density at radius 1 is 1.13 bits per heavy atom. The molecule has 2 heterocycles. The van der Waals surface area contributed by atoms with Gasteiger partial charge in [0.2, 0.25) is 5.91 Å². The average molecular weight is 421 g/mol. The van der Waals surface area contributed by atoms with E-state index >= 15 is 0 Å². The molecule has 1 saturated heterocycles. The molecule has 5 nitrogen and oxygen atoms in total. The number of nitrogens with zero attached hydrogens (tertiary/aromatic N) is 2. The number of pyridine rings is 1. The summed E-state index contributed by atoms with van der Waals surface area (Å²) in [6, 6.07) is 6.45. The molecular formula is C21H19F4N3O2. The first-order valence-electron chi connectivity index (χ1n) is 9.55. The average Bonchev–Trinajstić information content (AvgIpc) is 2.95. The monoisotopic (exact) mass is 421 g/mol. The quantitative estimate of drug-likeness (QED) is 0.769. The highest BCUT2D eigenvalue weighted by Crippen LogP contribution is 2.51. The van der Waals surface area contributed by atoms with Crippen LogP contribution in [-0.2, 0) is 4.79 Å². The normalized spacial score (nSPS) is 25.5. The summed E-state index contributed by atoms with van der Waals surface area (Å²) < 4.78 is 56.3. The predicted octanol–water partition coefficient (Wildman–Crippen LogP) is 3.70. The molecule has 0 bridgehead atoms. The van der Waals surface area contributed by atoms with Crippen LogP contribution in [0.5, 0.6) is 0 Å². The van der Waals surface area contributed by atoms with Gasteiger partial charge in [-0.25, -0.2) is 17.6 Å². The third kappa shape index (κ3) is 3.88. The van der Waals surface area contributed by atoms with Crippen LogP contribution in [0.4, 0.5) is 23.2 Å². The highest BCUT2D eigenvalue weighted by atomic mass is 19.3. The lowest BCUT2D eigenvalue weighted by molar-refractivity contribution is -0.140. The molecule has 4 rings (SSSR count). The van der Waals surface area contributed by atoms with Gasteiger partial charge in [-0.3, -0.25) is 14.6 Å². The van der Waals surface area contributed by atoms with Gasteiger partial charge in [0.25, 0.3) is 11.8 Å². The third-order valence-corrected chi connectivity index (χ3v) is 5.68. The standard InChI is InChI=1S/C21H19F4N3O2/c22-13-7-14(23)9-16(8-13)28-6-4-20(19(28)30)10-15(11-21(24,25)12-20)27-18(29)17-3-1-2-5-26-17/h1-3,5,7-9,15H,4,6,10-12H2,(H,27,29)/t15-,20+/m0/s1. The minimum Gasteiger partial charge on any atom is -0.348 e. The molecule has 1 aliphatic carbocycles. The van der Waals surface area contributed by atoms with Crippen molar-refractivity contribution >= 4 is 17.5 Å². The van der Waals surface area contributed by atoms with Crippen molar-refractivity contribution in [1.29, 1.82) is 0 Å². The first kappa shape index (κ1) is 20.3. The molecule has 0 unspecified atom stereocenters. The van der Waals surface area contributed by atoms with Crippen LogP contribution in [0.1, 0.15) is 36.2 Å². The minimum atomic E-state index is -3.17. The second-order valence-corrected chi connectivity index (χ2v) is 7.94. The van der Waals surface area contributed by atoms with Crippen molar-refractivity contribution in [1.82, 2.24) is 10.3 Å². The van der Waals surface area contributed by atoms with Crippen LogP contribution in [0, 0.1) is 17.0 Å². The topological polar surface area (TPSA) is 62.3 Å². The second-order valence-electron chi connectivity index (χ2n) is 7.94. The highest BCUT2D eigenvalue weighted by Gasteiger charge is 2.57. The molecule has 2 aliphatic rings. The number of benzene rings is 1. The van der Waals surface area contributed by atoms with Gasteiger partial charge in [0, 0.05) is 43.4 Å². The van der Waals surface area contributed by atoms with Crippen LogP contribution in [0.25, 0.3) is 0 Å². The maximum atomic E-state index is 14.6. The largest absolute Gasteiger partial charge is 0.348 e. The Balaban J connectivity index is 1.57. The Morgan fingerprint density at radius 2 is 1.87 bits per heavy atom. The minimum absolute atomic E-state index is 0.00247. The van der Waals surface area contributed by atoms with Crippen molar-refractivity contribution in [2.24, 2.45) is 5.41 Å². The van der Waals surface area contributed by atoms with Crippen molar-refractivity contribution in [2.45, 2.75) is 37.6 Å². The summed E-state index contributed by atoms with van der Waals surface area (Å²) in [5.41, 5.74) is -1.32. The van der Waals surface area contributed by atoms with Gasteiger partial charge in [-0.15, -0.1) is 0 Å². The molecule has 1 N–H and O–H groups in total. The third-order valence-electron chi connectivity index (χ3n) is 5.68. The van der Waals surface area contributed by atoms with E-state index in [4.69, 9.17) is 0 Å². The molecule has 9 heteroatoms. The fourth-order valence-electron chi connectivity index (χ4n) is 4.52. The molecule has 2 aromatic rings. The number of carbonyl (C=O) groups is 2. The molecule has 30 heavy (non-hydrogen) atoms. The van der Waals surface area contributed by atoms with Crippen molar-refractivity contribution in [3.63, 3.8) is 0 Å². The van der Waals surface area contributed by atoms with Gasteiger partial charge in [-0.2, -0.15) is 0 Å². The number of alkyl halides is 2. The van der Waals surface area contributed by atoms with E-state index in [0.29, 0.717) is 6.07 Å². The van der Waals surface area contributed by atoms with Gasteiger partial charge >= 0.3 is 0 Å². The van der Waals surface area contributed by atoms with E-state index in [1.54, 1.807) is 12.1 Å². The van der Waals surface area contributed by atoms with Crippen LogP contribution in [0.15, 0.2) is 42.6 Å². The van der Waals surface area contributed by atoms with Gasteiger partial charge in [0.15, 0.2) is 0 Å². The van der Waals surface area contributed by atoms with E-state index in [2.05, 4.69) is 10.3 Å². The maximum Gasteiger partial charge on any atom is 0.270 e. The number of nitrogens with one attached hydrogen (secondary N) is 1. The second kappa shape index (κ2) is 7.37. The molecule has 2 atom stereocenters. The molecule has 1 spiro atoms. The summed E-state index contributed by atoms with van der Waals surface area (Å²) in [4.78, 5) is 30.5. The SMILES string of the molecule is O=C(N[C@@H]1CC(F)(F)C[C@@]2(CCN(c3cc(F)cc(F)c3)C2=O)C1)c1ccccn1. The summed E-state index contributed by atoms with van der Waals surface area (Å²) in [5, 5.41) is 2.56. The first-order chi connectivity index (χ1) is 14.2. The molecule has 1 saturated carbocycles. The molecule has 1 aliphatic heterocycles. The summed E-state index contributed by atoms with van der Waals surface area (Å²) in [7, 11) is 0. The molecule has 2 amide bonds. The zero-order valence-corrected chi connectivity index (χ0v) is 15.9. The van der Waals surface area contributed by atoms with Crippen molar-refractivity contribution < 1.29 is 27.2 Å². The van der Waals surface area contributed by atoms with Crippen molar-refractivity contribution in [3.8, 4) is 0 Å². The first-order valence-corrected chi connectivity index (χ1v) is 9.55. The van der Waals surface area contributed by atoms with Crippen LogP contribution in [0.2, 0.25) is 0 Å². The number of anilines is 1. The number of rotatable bonds is 3. The highest BCUT2D eigenvalue weighted by molar-refractivity contribution is 6.00. The molecule has 0 radical (unpaired) electrons. The van der Waals surface area contributed by atoms with Crippen molar-refractivity contribution in [2.75, 3.05) is 11.4 Å². The Morgan fingerprint density at radius 3 is 2.53 bits per heavy atom. The summed E-state index contributed by atoms with van der Waals surface area (Å²) in [6.07, 6.45) is 0.296. The lowest BCUT2D eigenvalue weighted by atomic mass is 9.69.